The Morgan fingerprint density at radius 2 is 1.81 bits per heavy atom. The van der Waals surface area contributed by atoms with Crippen LogP contribution in [0, 0.1) is 0 Å². The number of halogens is 3. The number of nitrogen functional groups attached to an aromatic ring is 1. The van der Waals surface area contributed by atoms with Gasteiger partial charge in [-0.2, -0.15) is 18.3 Å². The largest absolute Gasteiger partial charge is 0.417 e. The van der Waals surface area contributed by atoms with Gasteiger partial charge in [0.05, 0.1) is 52.8 Å². The maximum Gasteiger partial charge on any atom is 0.417 e. The van der Waals surface area contributed by atoms with Crippen molar-refractivity contribution in [3.63, 3.8) is 0 Å². The van der Waals surface area contributed by atoms with E-state index in [-0.39, 0.29) is 36.3 Å². The Balaban J connectivity index is 1.59. The fourth-order valence-electron chi connectivity index (χ4n) is 4.06. The molecule has 228 valence electrons. The number of nitrogens with zero attached hydrogens (tertiary/aromatic N) is 7. The van der Waals surface area contributed by atoms with E-state index in [1.165, 1.54) is 29.5 Å². The summed E-state index contributed by atoms with van der Waals surface area (Å²) in [6.07, 6.45) is 1.86. The molecule has 3 N–H and O–H groups in total. The van der Waals surface area contributed by atoms with Gasteiger partial charge in [0.1, 0.15) is 18.4 Å². The summed E-state index contributed by atoms with van der Waals surface area (Å²) >= 11 is 0. The zero-order chi connectivity index (χ0) is 31.4. The van der Waals surface area contributed by atoms with Crippen molar-refractivity contribution in [3.8, 4) is 0 Å². The van der Waals surface area contributed by atoms with Crippen molar-refractivity contribution in [1.82, 2.24) is 34.6 Å². The maximum absolute atomic E-state index is 13.6. The molecule has 12 nitrogen and oxygen atoms in total. The number of hydrogen-bond acceptors (Lipinski definition) is 9. The summed E-state index contributed by atoms with van der Waals surface area (Å²) in [5, 5.41) is 7.36. The number of fused-ring (bicyclic) bond motifs is 1. The lowest BCUT2D eigenvalue weighted by Crippen LogP contribution is -2.41. The molecule has 0 radical (unpaired) electrons. The van der Waals surface area contributed by atoms with Gasteiger partial charge in [0, 0.05) is 33.3 Å². The van der Waals surface area contributed by atoms with Crippen molar-refractivity contribution in [3.05, 3.63) is 66.3 Å². The standard InChI is InChI=1S/C27H32F3N9O3Si/c1-17(24-32-8-5-9-33-24)38(15-19-7-6-18(12-34-19)27(28,29)30)26(41)25(40)37-21-14-35-23(31)20-13-36-39(22(20)21)16-42-10-11-43(2,3)4/h5-9,12-14,17H,10-11,15-16H2,1-4H3,(H2,31,35)(H,37,40). The van der Waals surface area contributed by atoms with E-state index < -0.39 is 37.7 Å². The van der Waals surface area contributed by atoms with Crippen molar-refractivity contribution >= 4 is 42.3 Å². The van der Waals surface area contributed by atoms with E-state index >= 15 is 0 Å². The first-order valence-corrected chi connectivity index (χ1v) is 17.0. The number of carbonyl (C=O) groups is 2. The Kier molecular flexibility index (Phi) is 9.39. The van der Waals surface area contributed by atoms with E-state index in [9.17, 15) is 22.8 Å². The van der Waals surface area contributed by atoms with E-state index in [4.69, 9.17) is 10.5 Å². The topological polar surface area (TPSA) is 154 Å². The molecular weight excluding hydrogens is 583 g/mol. The highest BCUT2D eigenvalue weighted by Gasteiger charge is 2.32. The number of aromatic nitrogens is 6. The van der Waals surface area contributed by atoms with Gasteiger partial charge in [-0.05, 0) is 31.2 Å². The molecule has 4 aromatic heterocycles. The predicted molar refractivity (Wildman–Crippen MR) is 155 cm³/mol. The molecular formula is C27H32F3N9O3Si. The first-order chi connectivity index (χ1) is 20.2. The molecule has 0 bridgehead atoms. The fraction of sp³-hybridized carbons (Fsp3) is 0.370. The second-order valence-electron chi connectivity index (χ2n) is 11.0. The highest BCUT2D eigenvalue weighted by Crippen LogP contribution is 2.30. The molecule has 4 aromatic rings. The third-order valence-corrected chi connectivity index (χ3v) is 8.23. The van der Waals surface area contributed by atoms with Gasteiger partial charge in [0.15, 0.2) is 0 Å². The zero-order valence-corrected chi connectivity index (χ0v) is 25.1. The van der Waals surface area contributed by atoms with Crippen LogP contribution in [0.5, 0.6) is 0 Å². The van der Waals surface area contributed by atoms with Gasteiger partial charge in [0.2, 0.25) is 0 Å². The number of ether oxygens (including phenoxy) is 1. The zero-order valence-electron chi connectivity index (χ0n) is 24.1. The summed E-state index contributed by atoms with van der Waals surface area (Å²) in [6, 6.07) is 3.70. The molecule has 0 aliphatic rings. The molecule has 43 heavy (non-hydrogen) atoms. The number of alkyl halides is 3. The van der Waals surface area contributed by atoms with E-state index in [2.05, 4.69) is 50.0 Å². The number of nitrogens with two attached hydrogens (primary N) is 1. The van der Waals surface area contributed by atoms with Crippen LogP contribution >= 0.6 is 0 Å². The molecule has 0 aliphatic heterocycles. The molecule has 0 aromatic carbocycles. The van der Waals surface area contributed by atoms with Gasteiger partial charge < -0.3 is 20.7 Å². The minimum absolute atomic E-state index is 0.0857. The highest BCUT2D eigenvalue weighted by molar-refractivity contribution is 6.76. The summed E-state index contributed by atoms with van der Waals surface area (Å²) in [7, 11) is -1.32. The van der Waals surface area contributed by atoms with Crippen molar-refractivity contribution in [1.29, 1.82) is 0 Å². The predicted octanol–water partition coefficient (Wildman–Crippen LogP) is 4.26. The smallest absolute Gasteiger partial charge is 0.383 e. The van der Waals surface area contributed by atoms with Gasteiger partial charge in [-0.1, -0.05) is 19.6 Å². The normalized spacial score (nSPS) is 12.7. The third-order valence-electron chi connectivity index (χ3n) is 6.53. The van der Waals surface area contributed by atoms with Crippen molar-refractivity contribution in [2.24, 2.45) is 0 Å². The Morgan fingerprint density at radius 1 is 1.09 bits per heavy atom. The number of anilines is 2. The lowest BCUT2D eigenvalue weighted by atomic mass is 10.2. The van der Waals surface area contributed by atoms with E-state index in [0.717, 1.165) is 23.1 Å². The average molecular weight is 616 g/mol. The molecule has 4 rings (SSSR count). The fourth-order valence-corrected chi connectivity index (χ4v) is 4.81. The molecule has 0 aliphatic carbocycles. The Bertz CT molecular complexity index is 1580. The number of nitrogens with one attached hydrogen (secondary N) is 1. The molecule has 0 saturated carbocycles. The lowest BCUT2D eigenvalue weighted by molar-refractivity contribution is -0.145. The number of hydrogen-bond donors (Lipinski definition) is 2. The molecule has 0 saturated heterocycles. The van der Waals surface area contributed by atoms with Gasteiger partial charge in [-0.15, -0.1) is 0 Å². The van der Waals surface area contributed by atoms with Crippen LogP contribution < -0.4 is 11.1 Å². The third kappa shape index (κ3) is 7.89. The summed E-state index contributed by atoms with van der Waals surface area (Å²) in [6.45, 7) is 8.63. The van der Waals surface area contributed by atoms with Crippen LogP contribution in [0.3, 0.4) is 0 Å². The second-order valence-corrected chi connectivity index (χ2v) is 16.6. The van der Waals surface area contributed by atoms with E-state index in [0.29, 0.717) is 23.7 Å². The van der Waals surface area contributed by atoms with Crippen molar-refractivity contribution < 1.29 is 27.5 Å². The van der Waals surface area contributed by atoms with Crippen LogP contribution in [0.15, 0.2) is 49.2 Å². The molecule has 16 heteroatoms. The Hall–Kier alpha value is -4.44. The van der Waals surface area contributed by atoms with Crippen LogP contribution in [0.1, 0.15) is 30.0 Å². The molecule has 0 spiro atoms. The summed E-state index contributed by atoms with van der Waals surface area (Å²) in [4.78, 5) is 44.4. The van der Waals surface area contributed by atoms with Crippen molar-refractivity contribution in [2.75, 3.05) is 17.7 Å². The van der Waals surface area contributed by atoms with Crippen molar-refractivity contribution in [2.45, 2.75) is 58.1 Å². The van der Waals surface area contributed by atoms with E-state index in [1.807, 2.05) is 0 Å². The van der Waals surface area contributed by atoms with Gasteiger partial charge in [-0.25, -0.2) is 19.6 Å². The minimum atomic E-state index is -4.57. The molecule has 4 heterocycles. The number of carbonyl (C=O) groups excluding carboxylic acids is 2. The lowest BCUT2D eigenvalue weighted by Gasteiger charge is -2.27. The van der Waals surface area contributed by atoms with Crippen LogP contribution in [0.25, 0.3) is 10.9 Å². The first-order valence-electron chi connectivity index (χ1n) is 13.3. The Labute approximate surface area is 246 Å². The highest BCUT2D eigenvalue weighted by atomic mass is 28.3. The summed E-state index contributed by atoms with van der Waals surface area (Å²) < 4.78 is 46.5. The molecule has 0 fully saturated rings. The molecule has 1 unspecified atom stereocenters. The maximum atomic E-state index is 13.6. The van der Waals surface area contributed by atoms with Gasteiger partial charge in [-0.3, -0.25) is 14.6 Å². The summed E-state index contributed by atoms with van der Waals surface area (Å²) in [5.41, 5.74) is 5.81. The van der Waals surface area contributed by atoms with Gasteiger partial charge in [0.25, 0.3) is 0 Å². The monoisotopic (exact) mass is 615 g/mol. The quantitative estimate of drug-likeness (QED) is 0.151. The van der Waals surface area contributed by atoms with Gasteiger partial charge >= 0.3 is 18.0 Å². The molecule has 2 amide bonds. The molecule has 1 atom stereocenters. The number of amides is 2. The average Bonchev–Trinajstić information content (AvgIpc) is 3.39. The van der Waals surface area contributed by atoms with Crippen LogP contribution in [0.2, 0.25) is 25.7 Å². The van der Waals surface area contributed by atoms with Crippen LogP contribution in [-0.2, 0) is 33.8 Å². The number of rotatable bonds is 10. The van der Waals surface area contributed by atoms with Crippen LogP contribution in [0.4, 0.5) is 24.7 Å². The van der Waals surface area contributed by atoms with E-state index in [1.54, 1.807) is 13.0 Å². The SMILES string of the molecule is CC(c1ncccn1)N(Cc1ccc(C(F)(F)F)cn1)C(=O)C(=O)Nc1cnc(N)c2cnn(COCC[Si](C)(C)C)c12. The number of pyridine rings is 2. The second kappa shape index (κ2) is 12.8. The Morgan fingerprint density at radius 3 is 2.44 bits per heavy atom. The van der Waals surface area contributed by atoms with Crippen LogP contribution in [-0.4, -0.2) is 61.1 Å². The summed E-state index contributed by atoms with van der Waals surface area (Å²) in [5.74, 6) is -1.63. The minimum Gasteiger partial charge on any atom is -0.383 e. The first kappa shape index (κ1) is 31.5.